The van der Waals surface area contributed by atoms with E-state index in [1.165, 1.54) is 0 Å². The minimum absolute atomic E-state index is 0.0438. The highest BCUT2D eigenvalue weighted by atomic mass is 16.3. The summed E-state index contributed by atoms with van der Waals surface area (Å²) in [5.41, 5.74) is -0.317. The first-order valence-electron chi connectivity index (χ1n) is 7.92. The van der Waals surface area contributed by atoms with Gasteiger partial charge in [-0.25, -0.2) is 0 Å². The Labute approximate surface area is 135 Å². The minimum Gasteiger partial charge on any atom is -0.389 e. The molecule has 0 spiro atoms. The van der Waals surface area contributed by atoms with E-state index in [1.807, 2.05) is 26.0 Å². The van der Waals surface area contributed by atoms with Crippen LogP contribution in [0.25, 0.3) is 11.5 Å². The second-order valence-electron chi connectivity index (χ2n) is 5.67. The van der Waals surface area contributed by atoms with Gasteiger partial charge in [0.2, 0.25) is 11.9 Å². The summed E-state index contributed by atoms with van der Waals surface area (Å²) < 4.78 is 0. The number of carbonyl (C=O) groups excluding carboxylic acids is 1. The molecule has 23 heavy (non-hydrogen) atoms. The number of aliphatic hydroxyl groups is 1. The Morgan fingerprint density at radius 3 is 2.65 bits per heavy atom. The van der Waals surface area contributed by atoms with Gasteiger partial charge in [0.1, 0.15) is 5.69 Å². The van der Waals surface area contributed by atoms with Gasteiger partial charge in [-0.1, -0.05) is 32.8 Å². The van der Waals surface area contributed by atoms with Crippen LogP contribution >= 0.6 is 0 Å². The molecule has 0 aliphatic heterocycles. The van der Waals surface area contributed by atoms with Gasteiger partial charge in [-0.2, -0.15) is 4.98 Å². The fraction of sp³-hybridized carbons (Fsp3) is 0.500. The Hall–Kier alpha value is -2.28. The van der Waals surface area contributed by atoms with Gasteiger partial charge in [0, 0.05) is 6.20 Å². The number of aromatic nitrogens is 4. The lowest BCUT2D eigenvalue weighted by molar-refractivity contribution is -0.121. The maximum absolute atomic E-state index is 12.1. The normalized spacial score (nSPS) is 11.4. The average molecular weight is 317 g/mol. The van der Waals surface area contributed by atoms with Crippen LogP contribution in [0.3, 0.4) is 0 Å². The van der Waals surface area contributed by atoms with Crippen molar-refractivity contribution in [1.29, 1.82) is 0 Å². The van der Waals surface area contributed by atoms with Crippen LogP contribution in [-0.2, 0) is 4.79 Å². The first-order chi connectivity index (χ1) is 11.1. The largest absolute Gasteiger partial charge is 0.389 e. The lowest BCUT2D eigenvalue weighted by Crippen LogP contribution is -2.34. The molecule has 2 heterocycles. The molecule has 0 unspecified atom stereocenters. The second-order valence-corrected chi connectivity index (χ2v) is 5.67. The molecule has 2 aromatic heterocycles. The summed E-state index contributed by atoms with van der Waals surface area (Å²) in [6.07, 6.45) is 4.55. The Morgan fingerprint density at radius 2 is 2.04 bits per heavy atom. The van der Waals surface area contributed by atoms with Crippen molar-refractivity contribution < 1.29 is 9.90 Å². The lowest BCUT2D eigenvalue weighted by atomic mass is 9.89. The molecule has 7 heteroatoms. The number of anilines is 1. The summed E-state index contributed by atoms with van der Waals surface area (Å²) in [6, 6.07) is 5.46. The monoisotopic (exact) mass is 317 g/mol. The second kappa shape index (κ2) is 7.82. The van der Waals surface area contributed by atoms with E-state index in [0.29, 0.717) is 24.4 Å². The third-order valence-corrected chi connectivity index (χ3v) is 3.56. The third-order valence-electron chi connectivity index (χ3n) is 3.56. The van der Waals surface area contributed by atoms with E-state index in [2.05, 4.69) is 25.5 Å². The highest BCUT2D eigenvalue weighted by Gasteiger charge is 2.28. The van der Waals surface area contributed by atoms with Crippen LogP contribution in [-0.4, -0.2) is 36.8 Å². The topological polar surface area (TPSA) is 104 Å². The van der Waals surface area contributed by atoms with Crippen LogP contribution in [0.15, 0.2) is 24.4 Å². The van der Waals surface area contributed by atoms with Gasteiger partial charge in [-0.3, -0.25) is 20.2 Å². The summed E-state index contributed by atoms with van der Waals surface area (Å²) in [4.78, 5) is 20.5. The van der Waals surface area contributed by atoms with E-state index in [1.54, 1.807) is 12.3 Å². The Morgan fingerprint density at radius 1 is 1.30 bits per heavy atom. The summed E-state index contributed by atoms with van der Waals surface area (Å²) in [6.45, 7) is 3.99. The van der Waals surface area contributed by atoms with Crippen LogP contribution in [0.1, 0.15) is 46.0 Å². The number of H-pyrrole nitrogens is 1. The van der Waals surface area contributed by atoms with E-state index in [-0.39, 0.29) is 18.3 Å². The van der Waals surface area contributed by atoms with E-state index in [4.69, 9.17) is 0 Å². The summed E-state index contributed by atoms with van der Waals surface area (Å²) in [5, 5.41) is 19.9. The molecule has 124 valence electrons. The van der Waals surface area contributed by atoms with Gasteiger partial charge < -0.3 is 5.11 Å². The fourth-order valence-corrected chi connectivity index (χ4v) is 2.64. The zero-order valence-corrected chi connectivity index (χ0v) is 13.5. The average Bonchev–Trinajstić information content (AvgIpc) is 2.96. The molecule has 0 aliphatic rings. The lowest BCUT2D eigenvalue weighted by Gasteiger charge is -2.26. The molecule has 0 radical (unpaired) electrons. The Kier molecular flexibility index (Phi) is 5.81. The van der Waals surface area contributed by atoms with Crippen molar-refractivity contribution >= 4 is 11.9 Å². The molecule has 0 aliphatic carbocycles. The van der Waals surface area contributed by atoms with Crippen molar-refractivity contribution in [2.75, 3.05) is 5.32 Å². The highest BCUT2D eigenvalue weighted by molar-refractivity contribution is 5.89. The number of amides is 1. The Balaban J connectivity index is 1.99. The molecule has 0 aromatic carbocycles. The van der Waals surface area contributed by atoms with Crippen molar-refractivity contribution in [1.82, 2.24) is 20.2 Å². The zero-order valence-electron chi connectivity index (χ0n) is 13.5. The molecular formula is C16H23N5O2. The summed E-state index contributed by atoms with van der Waals surface area (Å²) >= 11 is 0. The molecular weight excluding hydrogens is 294 g/mol. The molecule has 3 N–H and O–H groups in total. The molecule has 0 bridgehead atoms. The SMILES string of the molecule is CCCC(O)(CCC)CC(=O)Nc1n[nH]c(-c2ccccn2)n1. The van der Waals surface area contributed by atoms with E-state index in [9.17, 15) is 9.90 Å². The van der Waals surface area contributed by atoms with Gasteiger partial charge in [0.15, 0.2) is 5.82 Å². The van der Waals surface area contributed by atoms with Crippen LogP contribution in [0.4, 0.5) is 5.95 Å². The van der Waals surface area contributed by atoms with Crippen LogP contribution in [0.2, 0.25) is 0 Å². The van der Waals surface area contributed by atoms with Gasteiger partial charge in [0.25, 0.3) is 0 Å². The smallest absolute Gasteiger partial charge is 0.249 e. The van der Waals surface area contributed by atoms with E-state index in [0.717, 1.165) is 12.8 Å². The molecule has 1 amide bonds. The maximum atomic E-state index is 12.1. The van der Waals surface area contributed by atoms with Gasteiger partial charge in [-0.05, 0) is 25.0 Å². The predicted molar refractivity (Wildman–Crippen MR) is 87.6 cm³/mol. The molecule has 0 atom stereocenters. The van der Waals surface area contributed by atoms with E-state index >= 15 is 0 Å². The molecule has 0 saturated heterocycles. The standard InChI is InChI=1S/C16H23N5O2/c1-3-8-16(23,9-4-2)11-13(22)18-15-19-14(20-21-15)12-7-5-6-10-17-12/h5-7,10,23H,3-4,8-9,11H2,1-2H3,(H2,18,19,20,21,22). The Bertz CT molecular complexity index is 620. The van der Waals surface area contributed by atoms with Crippen molar-refractivity contribution in [3.8, 4) is 11.5 Å². The molecule has 2 rings (SSSR count). The van der Waals surface area contributed by atoms with Crippen molar-refractivity contribution in [2.45, 2.75) is 51.6 Å². The van der Waals surface area contributed by atoms with Crippen molar-refractivity contribution in [3.05, 3.63) is 24.4 Å². The van der Waals surface area contributed by atoms with Gasteiger partial charge in [-0.15, -0.1) is 5.10 Å². The quantitative estimate of drug-likeness (QED) is 0.694. The predicted octanol–water partition coefficient (Wildman–Crippen LogP) is 2.53. The summed E-state index contributed by atoms with van der Waals surface area (Å²) in [5.74, 6) is 0.380. The van der Waals surface area contributed by atoms with Gasteiger partial charge >= 0.3 is 0 Å². The number of nitrogens with one attached hydrogen (secondary N) is 2. The van der Waals surface area contributed by atoms with E-state index < -0.39 is 5.60 Å². The molecule has 0 saturated carbocycles. The van der Waals surface area contributed by atoms with Gasteiger partial charge in [0.05, 0.1) is 12.0 Å². The number of carbonyl (C=O) groups is 1. The molecule has 7 nitrogen and oxygen atoms in total. The number of hydrogen-bond acceptors (Lipinski definition) is 5. The zero-order chi connectivity index (χ0) is 16.7. The van der Waals surface area contributed by atoms with Crippen molar-refractivity contribution in [3.63, 3.8) is 0 Å². The fourth-order valence-electron chi connectivity index (χ4n) is 2.64. The number of nitrogens with zero attached hydrogens (tertiary/aromatic N) is 3. The third kappa shape index (κ3) is 4.85. The first kappa shape index (κ1) is 17.1. The van der Waals surface area contributed by atoms with Crippen molar-refractivity contribution in [2.24, 2.45) is 0 Å². The highest BCUT2D eigenvalue weighted by Crippen LogP contribution is 2.24. The number of pyridine rings is 1. The number of hydrogen-bond donors (Lipinski definition) is 3. The van der Waals surface area contributed by atoms with Crippen LogP contribution < -0.4 is 5.32 Å². The first-order valence-corrected chi connectivity index (χ1v) is 7.92. The van der Waals surface area contributed by atoms with Crippen LogP contribution in [0, 0.1) is 0 Å². The van der Waals surface area contributed by atoms with Crippen LogP contribution in [0.5, 0.6) is 0 Å². The summed E-state index contributed by atoms with van der Waals surface area (Å²) in [7, 11) is 0. The number of aromatic amines is 1. The minimum atomic E-state index is -0.965. The maximum Gasteiger partial charge on any atom is 0.249 e. The number of rotatable bonds is 8. The molecule has 2 aromatic rings. The molecule has 0 fully saturated rings.